The first-order valence-corrected chi connectivity index (χ1v) is 12.8. The molecule has 0 radical (unpaired) electrons. The number of rotatable bonds is 4. The fourth-order valence-electron chi connectivity index (χ4n) is 6.06. The molecule has 2 aliphatic heterocycles. The molecule has 1 unspecified atom stereocenters. The van der Waals surface area contributed by atoms with Crippen LogP contribution in [0.25, 0.3) is 0 Å². The minimum absolute atomic E-state index is 0. The maximum absolute atomic E-state index is 13.3. The first kappa shape index (κ1) is 26.5. The Morgan fingerprint density at radius 1 is 0.833 bits per heavy atom. The Morgan fingerprint density at radius 2 is 1.44 bits per heavy atom. The van der Waals surface area contributed by atoms with E-state index in [0.29, 0.717) is 0 Å². The van der Waals surface area contributed by atoms with Gasteiger partial charge in [-0.25, -0.2) is 4.39 Å². The summed E-state index contributed by atoms with van der Waals surface area (Å²) in [5.74, 6) is 1.11. The van der Waals surface area contributed by atoms with Crippen LogP contribution in [-0.2, 0) is 6.54 Å². The van der Waals surface area contributed by atoms with Gasteiger partial charge in [0.15, 0.2) is 0 Å². The predicted octanol–water partition coefficient (Wildman–Crippen LogP) is 7.11. The van der Waals surface area contributed by atoms with Gasteiger partial charge in [-0.1, -0.05) is 42.0 Å². The molecule has 192 valence electrons. The number of hydrogen-bond donors (Lipinski definition) is 0. The Kier molecular flexibility index (Phi) is 7.41. The van der Waals surface area contributed by atoms with Crippen LogP contribution in [0.2, 0.25) is 0 Å². The predicted molar refractivity (Wildman–Crippen MR) is 150 cm³/mol. The molecule has 0 bridgehead atoms. The molecule has 0 spiro atoms. The number of ether oxygens (including phenoxy) is 1. The van der Waals surface area contributed by atoms with Crippen LogP contribution in [0, 0.1) is 33.5 Å². The van der Waals surface area contributed by atoms with Gasteiger partial charge >= 0.3 is 0 Å². The summed E-state index contributed by atoms with van der Waals surface area (Å²) in [7, 11) is 0. The van der Waals surface area contributed by atoms with Crippen LogP contribution in [0.4, 0.5) is 10.1 Å². The number of halogens is 2. The molecule has 3 nitrogen and oxygen atoms in total. The maximum Gasteiger partial charge on any atom is 0.127 e. The van der Waals surface area contributed by atoms with E-state index >= 15 is 0 Å². The zero-order valence-corrected chi connectivity index (χ0v) is 23.1. The van der Waals surface area contributed by atoms with E-state index in [1.807, 2.05) is 12.1 Å². The van der Waals surface area contributed by atoms with Crippen LogP contribution >= 0.6 is 12.4 Å². The van der Waals surface area contributed by atoms with Crippen LogP contribution in [0.3, 0.4) is 0 Å². The Balaban J connectivity index is 0.00000304. The van der Waals surface area contributed by atoms with E-state index in [2.05, 4.69) is 75.6 Å². The average Bonchev–Trinajstić information content (AvgIpc) is 3.12. The van der Waals surface area contributed by atoms with Crippen molar-refractivity contribution < 1.29 is 9.13 Å². The number of piperazine rings is 1. The molecule has 1 atom stereocenters. The van der Waals surface area contributed by atoms with Gasteiger partial charge in [-0.05, 0) is 81.5 Å². The van der Waals surface area contributed by atoms with Gasteiger partial charge in [0.2, 0.25) is 0 Å². The summed E-state index contributed by atoms with van der Waals surface area (Å²) in [5, 5.41) is 0. The van der Waals surface area contributed by atoms with Crippen molar-refractivity contribution in [2.24, 2.45) is 0 Å². The normalized spacial score (nSPS) is 19.0. The van der Waals surface area contributed by atoms with Crippen LogP contribution in [0.1, 0.15) is 58.7 Å². The van der Waals surface area contributed by atoms with E-state index in [9.17, 15) is 4.39 Å². The van der Waals surface area contributed by atoms with Crippen molar-refractivity contribution in [2.45, 2.75) is 59.6 Å². The van der Waals surface area contributed by atoms with E-state index in [4.69, 9.17) is 4.74 Å². The first-order chi connectivity index (χ1) is 16.7. The number of nitrogens with zero attached hydrogens (tertiary/aromatic N) is 2. The van der Waals surface area contributed by atoms with Crippen molar-refractivity contribution in [2.75, 3.05) is 31.1 Å². The number of anilines is 1. The van der Waals surface area contributed by atoms with Gasteiger partial charge < -0.3 is 9.64 Å². The van der Waals surface area contributed by atoms with Crippen molar-refractivity contribution in [3.63, 3.8) is 0 Å². The summed E-state index contributed by atoms with van der Waals surface area (Å²) in [6, 6.07) is 15.9. The van der Waals surface area contributed by atoms with Crippen molar-refractivity contribution in [1.82, 2.24) is 4.90 Å². The molecule has 1 fully saturated rings. The first-order valence-electron chi connectivity index (χ1n) is 12.8. The number of fused-ring (bicyclic) bond motifs is 1. The zero-order valence-electron chi connectivity index (χ0n) is 22.3. The molecule has 36 heavy (non-hydrogen) atoms. The quantitative estimate of drug-likeness (QED) is 0.373. The summed E-state index contributed by atoms with van der Waals surface area (Å²) >= 11 is 0. The van der Waals surface area contributed by atoms with Gasteiger partial charge in [0, 0.05) is 44.0 Å². The minimum atomic E-state index is -0.300. The van der Waals surface area contributed by atoms with E-state index in [-0.39, 0.29) is 29.7 Å². The second kappa shape index (κ2) is 10.1. The lowest BCUT2D eigenvalue weighted by Gasteiger charge is -2.38. The zero-order chi connectivity index (χ0) is 24.9. The smallest absolute Gasteiger partial charge is 0.127 e. The number of hydrogen-bond acceptors (Lipinski definition) is 3. The minimum Gasteiger partial charge on any atom is -0.486 e. The van der Waals surface area contributed by atoms with Crippen molar-refractivity contribution in [3.8, 4) is 5.75 Å². The van der Waals surface area contributed by atoms with Crippen LogP contribution < -0.4 is 9.64 Å². The molecule has 1 saturated heterocycles. The molecule has 0 amide bonds. The van der Waals surface area contributed by atoms with Crippen LogP contribution in [0.5, 0.6) is 5.75 Å². The second-order valence-corrected chi connectivity index (χ2v) is 10.9. The molecule has 2 heterocycles. The van der Waals surface area contributed by atoms with Gasteiger partial charge in [0.25, 0.3) is 0 Å². The van der Waals surface area contributed by atoms with Gasteiger partial charge in [-0.2, -0.15) is 0 Å². The fraction of sp³-hybridized carbons (Fsp3) is 0.419. The summed E-state index contributed by atoms with van der Waals surface area (Å²) in [5.41, 5.74) is 10.1. The van der Waals surface area contributed by atoms with Gasteiger partial charge in [0.1, 0.15) is 17.2 Å². The lowest BCUT2D eigenvalue weighted by atomic mass is 9.78. The van der Waals surface area contributed by atoms with Gasteiger partial charge in [-0.15, -0.1) is 12.4 Å². The third-order valence-corrected chi connectivity index (χ3v) is 8.03. The molecule has 0 N–H and O–H groups in total. The van der Waals surface area contributed by atoms with E-state index < -0.39 is 0 Å². The third kappa shape index (κ3) is 4.73. The summed E-state index contributed by atoms with van der Waals surface area (Å²) in [4.78, 5) is 5.03. The highest BCUT2D eigenvalue weighted by Crippen LogP contribution is 2.54. The number of benzene rings is 3. The van der Waals surface area contributed by atoms with E-state index in [1.54, 1.807) is 12.1 Å². The maximum atomic E-state index is 13.3. The molecular weight excluding hydrogens is 471 g/mol. The topological polar surface area (TPSA) is 15.7 Å². The molecule has 3 aromatic carbocycles. The molecule has 0 saturated carbocycles. The highest BCUT2D eigenvalue weighted by atomic mass is 35.5. The second-order valence-electron chi connectivity index (χ2n) is 10.9. The standard InChI is InChI=1S/C31H37FN2O.ClH/c1-20-7-11-25(12-8-20)28-27-23(4)29(21(2)22(3)30(27)35-31(28,5)6)34-17-15-33(16-18-34)19-24-9-13-26(32)14-10-24;/h7-14,28H,15-19H2,1-6H3;1H. The highest BCUT2D eigenvalue weighted by molar-refractivity contribution is 5.85. The Bertz CT molecular complexity index is 1230. The molecular formula is C31H38ClFN2O. The van der Waals surface area contributed by atoms with Gasteiger partial charge in [-0.3, -0.25) is 4.90 Å². The van der Waals surface area contributed by atoms with Crippen molar-refractivity contribution in [1.29, 1.82) is 0 Å². The lowest BCUT2D eigenvalue weighted by molar-refractivity contribution is 0.121. The highest BCUT2D eigenvalue weighted by Gasteiger charge is 2.45. The third-order valence-electron chi connectivity index (χ3n) is 8.03. The van der Waals surface area contributed by atoms with Crippen LogP contribution in [0.15, 0.2) is 48.5 Å². The van der Waals surface area contributed by atoms with Crippen molar-refractivity contribution in [3.05, 3.63) is 93.3 Å². The van der Waals surface area contributed by atoms with Crippen LogP contribution in [-0.4, -0.2) is 36.7 Å². The van der Waals surface area contributed by atoms with E-state index in [0.717, 1.165) is 38.5 Å². The lowest BCUT2D eigenvalue weighted by Crippen LogP contribution is -2.46. The largest absolute Gasteiger partial charge is 0.486 e. The van der Waals surface area contributed by atoms with Gasteiger partial charge in [0.05, 0.1) is 5.92 Å². The molecule has 5 rings (SSSR count). The summed E-state index contributed by atoms with van der Waals surface area (Å²) in [6.07, 6.45) is 0. The van der Waals surface area contributed by atoms with E-state index in [1.165, 1.54) is 44.6 Å². The Morgan fingerprint density at radius 3 is 2.06 bits per heavy atom. The Hall–Kier alpha value is -2.56. The van der Waals surface area contributed by atoms with Crippen molar-refractivity contribution >= 4 is 18.1 Å². The molecule has 3 aromatic rings. The fourth-order valence-corrected chi connectivity index (χ4v) is 6.06. The molecule has 5 heteroatoms. The number of aryl methyl sites for hydroxylation is 1. The average molecular weight is 509 g/mol. The summed E-state index contributed by atoms with van der Waals surface area (Å²) < 4.78 is 19.9. The summed E-state index contributed by atoms with van der Waals surface area (Å²) in [6.45, 7) is 18.2. The molecule has 0 aliphatic carbocycles. The SMILES string of the molecule is Cc1ccc(C2c3c(C)c(N4CCN(Cc5ccc(F)cc5)CC4)c(C)c(C)c3OC2(C)C)cc1.Cl. The monoisotopic (exact) mass is 508 g/mol. The molecule has 0 aromatic heterocycles. The Labute approximate surface area is 221 Å². The molecule has 2 aliphatic rings.